The molecule has 0 unspecified atom stereocenters. The maximum absolute atomic E-state index is 4.63. The van der Waals surface area contributed by atoms with Crippen molar-refractivity contribution in [2.24, 2.45) is 0 Å². The molecule has 0 aliphatic heterocycles. The minimum Gasteiger partial charge on any atom is -0.316 e. The van der Waals surface area contributed by atoms with Gasteiger partial charge in [-0.2, -0.15) is 0 Å². The van der Waals surface area contributed by atoms with Gasteiger partial charge in [-0.3, -0.25) is 0 Å². The maximum atomic E-state index is 4.63. The summed E-state index contributed by atoms with van der Waals surface area (Å²) in [6, 6.07) is 14.8. The van der Waals surface area contributed by atoms with Crippen LogP contribution in [0.15, 0.2) is 47.5 Å². The Balaban J connectivity index is 2.00. The van der Waals surface area contributed by atoms with Gasteiger partial charge in [0.1, 0.15) is 0 Å². The largest absolute Gasteiger partial charge is 0.316 e. The molecule has 2 aromatic rings. The zero-order chi connectivity index (χ0) is 12.8. The van der Waals surface area contributed by atoms with Crippen LogP contribution in [0.25, 0.3) is 0 Å². The molecule has 2 rings (SSSR count). The first-order valence-corrected chi connectivity index (χ1v) is 7.06. The van der Waals surface area contributed by atoms with E-state index in [2.05, 4.69) is 53.6 Å². The Morgan fingerprint density at radius 1 is 1.11 bits per heavy atom. The van der Waals surface area contributed by atoms with Crippen molar-refractivity contribution in [1.29, 1.82) is 0 Å². The summed E-state index contributed by atoms with van der Waals surface area (Å²) in [7, 11) is 1.96. The van der Waals surface area contributed by atoms with E-state index in [9.17, 15) is 0 Å². The van der Waals surface area contributed by atoms with Crippen molar-refractivity contribution < 1.29 is 0 Å². The summed E-state index contributed by atoms with van der Waals surface area (Å²) in [4.78, 5) is 4.63. The zero-order valence-corrected chi connectivity index (χ0v) is 11.6. The van der Waals surface area contributed by atoms with E-state index in [0.717, 1.165) is 23.0 Å². The number of hydrogen-bond donors (Lipinski definition) is 1. The molecule has 94 valence electrons. The summed E-state index contributed by atoms with van der Waals surface area (Å²) in [5, 5.41) is 4.25. The van der Waals surface area contributed by atoms with E-state index in [4.69, 9.17) is 0 Å². The molecule has 18 heavy (non-hydrogen) atoms. The lowest BCUT2D eigenvalue weighted by atomic mass is 10.2. The molecule has 0 amide bonds. The normalized spacial score (nSPS) is 10.6. The van der Waals surface area contributed by atoms with Gasteiger partial charge in [-0.05, 0) is 31.2 Å². The molecule has 0 fully saturated rings. The van der Waals surface area contributed by atoms with Gasteiger partial charge in [-0.1, -0.05) is 36.4 Å². The van der Waals surface area contributed by atoms with Crippen molar-refractivity contribution in [3.8, 4) is 0 Å². The van der Waals surface area contributed by atoms with Crippen LogP contribution in [0, 0.1) is 6.92 Å². The first kappa shape index (κ1) is 13.1. The van der Waals surface area contributed by atoms with E-state index in [-0.39, 0.29) is 0 Å². The van der Waals surface area contributed by atoms with Crippen LogP contribution in [0.3, 0.4) is 0 Å². The van der Waals surface area contributed by atoms with Crippen LogP contribution in [0.2, 0.25) is 0 Å². The second kappa shape index (κ2) is 6.57. The maximum Gasteiger partial charge on any atom is 0.0966 e. The van der Waals surface area contributed by atoms with Crippen molar-refractivity contribution in [2.75, 3.05) is 7.05 Å². The third-order valence-corrected chi connectivity index (χ3v) is 3.77. The van der Waals surface area contributed by atoms with Crippen molar-refractivity contribution in [1.82, 2.24) is 10.3 Å². The Hall–Kier alpha value is -1.32. The van der Waals surface area contributed by atoms with Crippen LogP contribution in [0.4, 0.5) is 0 Å². The van der Waals surface area contributed by atoms with Gasteiger partial charge < -0.3 is 5.32 Å². The van der Waals surface area contributed by atoms with Gasteiger partial charge in [0.15, 0.2) is 0 Å². The lowest BCUT2D eigenvalue weighted by Gasteiger charge is -2.07. The molecular weight excluding hydrogens is 240 g/mol. The van der Waals surface area contributed by atoms with Crippen molar-refractivity contribution >= 4 is 11.8 Å². The minimum absolute atomic E-state index is 0.877. The molecule has 0 bridgehead atoms. The zero-order valence-electron chi connectivity index (χ0n) is 10.8. The Morgan fingerprint density at radius 2 is 1.89 bits per heavy atom. The summed E-state index contributed by atoms with van der Waals surface area (Å²) < 4.78 is 0. The second-order valence-electron chi connectivity index (χ2n) is 4.20. The Kier molecular flexibility index (Phi) is 4.79. The number of hydrogen-bond acceptors (Lipinski definition) is 3. The van der Waals surface area contributed by atoms with Crippen molar-refractivity contribution in [2.45, 2.75) is 24.2 Å². The van der Waals surface area contributed by atoms with Gasteiger partial charge in [0, 0.05) is 18.0 Å². The number of nitrogens with one attached hydrogen (secondary N) is 1. The quantitative estimate of drug-likeness (QED) is 0.832. The number of benzene rings is 1. The molecule has 1 N–H and O–H groups in total. The predicted octanol–water partition coefficient (Wildman–Crippen LogP) is 3.40. The number of aryl methyl sites for hydroxylation is 1. The first-order chi connectivity index (χ1) is 8.79. The Labute approximate surface area is 113 Å². The Bertz CT molecular complexity index is 497. The third kappa shape index (κ3) is 3.59. The molecule has 0 spiro atoms. The van der Waals surface area contributed by atoms with Gasteiger partial charge in [0.05, 0.1) is 5.03 Å². The van der Waals surface area contributed by atoms with Crippen LogP contribution < -0.4 is 5.32 Å². The van der Waals surface area contributed by atoms with Crippen LogP contribution >= 0.6 is 11.8 Å². The van der Waals surface area contributed by atoms with Crippen LogP contribution in [-0.4, -0.2) is 12.0 Å². The van der Waals surface area contributed by atoms with Crippen molar-refractivity contribution in [3.63, 3.8) is 0 Å². The summed E-state index contributed by atoms with van der Waals surface area (Å²) in [5.74, 6) is 0.971. The summed E-state index contributed by atoms with van der Waals surface area (Å²) in [6.07, 6.45) is 0. The molecule has 0 radical (unpaired) electrons. The summed E-state index contributed by atoms with van der Waals surface area (Å²) >= 11 is 1.78. The molecule has 0 atom stereocenters. The lowest BCUT2D eigenvalue weighted by molar-refractivity contribution is 0.799. The molecule has 1 heterocycles. The van der Waals surface area contributed by atoms with E-state index in [1.54, 1.807) is 11.8 Å². The van der Waals surface area contributed by atoms with E-state index < -0.39 is 0 Å². The highest BCUT2D eigenvalue weighted by Crippen LogP contribution is 2.22. The van der Waals surface area contributed by atoms with Gasteiger partial charge in [0.2, 0.25) is 0 Å². The fourth-order valence-electron chi connectivity index (χ4n) is 1.76. The van der Waals surface area contributed by atoms with Gasteiger partial charge in [0.25, 0.3) is 0 Å². The average molecular weight is 258 g/mol. The number of nitrogens with zero attached hydrogens (tertiary/aromatic N) is 1. The average Bonchev–Trinajstić information content (AvgIpc) is 2.41. The van der Waals surface area contributed by atoms with Crippen LogP contribution in [-0.2, 0) is 12.3 Å². The number of aromatic nitrogens is 1. The fourth-order valence-corrected chi connectivity index (χ4v) is 2.63. The fraction of sp³-hybridized carbons (Fsp3) is 0.267. The van der Waals surface area contributed by atoms with E-state index in [1.807, 2.05) is 13.1 Å². The molecule has 1 aromatic carbocycles. The molecule has 0 aliphatic carbocycles. The topological polar surface area (TPSA) is 24.9 Å². The highest BCUT2D eigenvalue weighted by molar-refractivity contribution is 7.98. The highest BCUT2D eigenvalue weighted by atomic mass is 32.2. The Morgan fingerprint density at radius 3 is 2.56 bits per heavy atom. The smallest absolute Gasteiger partial charge is 0.0966 e. The molecule has 2 nitrogen and oxygen atoms in total. The molecule has 0 aliphatic rings. The summed E-state index contributed by atoms with van der Waals surface area (Å²) in [6.45, 7) is 2.95. The molecule has 1 aromatic heterocycles. The summed E-state index contributed by atoms with van der Waals surface area (Å²) in [5.41, 5.74) is 3.71. The van der Waals surface area contributed by atoms with Crippen LogP contribution in [0.1, 0.15) is 16.8 Å². The standard InChI is InChI=1S/C15H18N2S/c1-12-14(10-16-2)8-9-15(17-12)18-11-13-6-4-3-5-7-13/h3-9,16H,10-11H2,1-2H3. The van der Waals surface area contributed by atoms with E-state index in [0.29, 0.717) is 0 Å². The molecular formula is C15H18N2S. The number of rotatable bonds is 5. The number of pyridine rings is 1. The molecule has 0 saturated heterocycles. The van der Waals surface area contributed by atoms with E-state index in [1.165, 1.54) is 11.1 Å². The van der Waals surface area contributed by atoms with Gasteiger partial charge in [-0.25, -0.2) is 4.98 Å². The lowest BCUT2D eigenvalue weighted by Crippen LogP contribution is -2.07. The van der Waals surface area contributed by atoms with Gasteiger partial charge in [-0.15, -0.1) is 11.8 Å². The van der Waals surface area contributed by atoms with Crippen molar-refractivity contribution in [3.05, 3.63) is 59.3 Å². The van der Waals surface area contributed by atoms with E-state index >= 15 is 0 Å². The van der Waals surface area contributed by atoms with Gasteiger partial charge >= 0.3 is 0 Å². The second-order valence-corrected chi connectivity index (χ2v) is 5.19. The SMILES string of the molecule is CNCc1ccc(SCc2ccccc2)nc1C. The first-order valence-electron chi connectivity index (χ1n) is 6.07. The third-order valence-electron chi connectivity index (χ3n) is 2.77. The molecule has 0 saturated carbocycles. The highest BCUT2D eigenvalue weighted by Gasteiger charge is 2.02. The predicted molar refractivity (Wildman–Crippen MR) is 77.7 cm³/mol. The molecule has 3 heteroatoms. The number of thioether (sulfide) groups is 1. The van der Waals surface area contributed by atoms with Crippen LogP contribution in [0.5, 0.6) is 0 Å². The minimum atomic E-state index is 0.877. The monoisotopic (exact) mass is 258 g/mol.